The molecule has 0 aromatic heterocycles. The predicted molar refractivity (Wildman–Crippen MR) is 85.4 cm³/mol. The van der Waals surface area contributed by atoms with E-state index in [-0.39, 0.29) is 5.91 Å². The van der Waals surface area contributed by atoms with E-state index in [0.29, 0.717) is 0 Å². The van der Waals surface area contributed by atoms with Gasteiger partial charge in [-0.05, 0) is 48.3 Å². The Labute approximate surface area is 124 Å². The van der Waals surface area contributed by atoms with Gasteiger partial charge in [0.25, 0.3) is 0 Å². The van der Waals surface area contributed by atoms with Crippen LogP contribution >= 0.6 is 0 Å². The average Bonchev–Trinajstić information content (AvgIpc) is 3.11. The van der Waals surface area contributed by atoms with Crippen molar-refractivity contribution in [2.75, 3.05) is 5.32 Å². The van der Waals surface area contributed by atoms with E-state index >= 15 is 0 Å². The highest BCUT2D eigenvalue weighted by Crippen LogP contribution is 2.36. The Hall–Kier alpha value is -1.87. The highest BCUT2D eigenvalue weighted by molar-refractivity contribution is 6.07. The predicted octanol–water partition coefficient (Wildman–Crippen LogP) is 3.15. The topological polar surface area (TPSA) is 55.1 Å². The molecule has 3 heteroatoms. The van der Waals surface area contributed by atoms with Crippen LogP contribution in [0.25, 0.3) is 10.8 Å². The minimum atomic E-state index is -0.678. The van der Waals surface area contributed by atoms with Gasteiger partial charge >= 0.3 is 0 Å². The molecule has 3 nitrogen and oxygen atoms in total. The molecule has 0 radical (unpaired) electrons. The molecule has 4 rings (SSSR count). The van der Waals surface area contributed by atoms with Crippen molar-refractivity contribution in [3.05, 3.63) is 41.5 Å². The average molecular weight is 280 g/mol. The van der Waals surface area contributed by atoms with E-state index in [4.69, 9.17) is 5.73 Å². The van der Waals surface area contributed by atoms with E-state index in [1.807, 2.05) is 6.07 Å². The SMILES string of the molecule is NC1(C(=O)Nc2ccc3c4c(cccc24)CC3)CCCC1. The maximum Gasteiger partial charge on any atom is 0.244 e. The molecule has 1 fully saturated rings. The summed E-state index contributed by atoms with van der Waals surface area (Å²) in [5.41, 5.74) is 9.26. The van der Waals surface area contributed by atoms with Crippen molar-refractivity contribution in [3.8, 4) is 0 Å². The van der Waals surface area contributed by atoms with Crippen molar-refractivity contribution in [3.63, 3.8) is 0 Å². The quantitative estimate of drug-likeness (QED) is 0.888. The van der Waals surface area contributed by atoms with Crippen LogP contribution in [0, 0.1) is 0 Å². The molecule has 2 aromatic carbocycles. The zero-order chi connectivity index (χ0) is 14.4. The number of anilines is 1. The number of aryl methyl sites for hydroxylation is 2. The number of benzene rings is 2. The molecule has 3 N–H and O–H groups in total. The van der Waals surface area contributed by atoms with Crippen LogP contribution in [0.3, 0.4) is 0 Å². The van der Waals surface area contributed by atoms with Gasteiger partial charge in [0.2, 0.25) is 5.91 Å². The normalized spacial score (nSPS) is 19.1. The standard InChI is InChI=1S/C18H20N2O/c19-18(10-1-2-11-18)17(21)20-15-9-8-13-7-6-12-4-3-5-14(15)16(12)13/h3-5,8-9H,1-2,6-7,10-11,19H2,(H,20,21). The summed E-state index contributed by atoms with van der Waals surface area (Å²) in [7, 11) is 0. The highest BCUT2D eigenvalue weighted by Gasteiger charge is 2.37. The second kappa shape index (κ2) is 4.57. The Morgan fingerprint density at radius 2 is 1.76 bits per heavy atom. The number of carbonyl (C=O) groups excluding carboxylic acids is 1. The summed E-state index contributed by atoms with van der Waals surface area (Å²) in [5.74, 6) is -0.0290. The van der Waals surface area contributed by atoms with E-state index in [0.717, 1.165) is 49.6 Å². The number of hydrogen-bond donors (Lipinski definition) is 2. The first-order valence-corrected chi connectivity index (χ1v) is 7.81. The van der Waals surface area contributed by atoms with Crippen molar-refractivity contribution in [1.82, 2.24) is 0 Å². The maximum absolute atomic E-state index is 12.5. The van der Waals surface area contributed by atoms with Gasteiger partial charge in [0.1, 0.15) is 0 Å². The summed E-state index contributed by atoms with van der Waals surface area (Å²) < 4.78 is 0. The van der Waals surface area contributed by atoms with Gasteiger partial charge in [0, 0.05) is 11.1 Å². The number of nitrogens with two attached hydrogens (primary N) is 1. The maximum atomic E-state index is 12.5. The Morgan fingerprint density at radius 3 is 2.52 bits per heavy atom. The second-order valence-electron chi connectivity index (χ2n) is 6.43. The summed E-state index contributed by atoms with van der Waals surface area (Å²) >= 11 is 0. The first kappa shape index (κ1) is 12.8. The third-order valence-electron chi connectivity index (χ3n) is 5.07. The van der Waals surface area contributed by atoms with E-state index in [1.54, 1.807) is 0 Å². The van der Waals surface area contributed by atoms with Crippen LogP contribution in [0.2, 0.25) is 0 Å². The number of hydrogen-bond acceptors (Lipinski definition) is 2. The van der Waals surface area contributed by atoms with E-state index in [1.165, 1.54) is 16.5 Å². The van der Waals surface area contributed by atoms with Gasteiger partial charge < -0.3 is 11.1 Å². The first-order chi connectivity index (χ1) is 10.2. The third kappa shape index (κ3) is 1.95. The Morgan fingerprint density at radius 1 is 1.05 bits per heavy atom. The van der Waals surface area contributed by atoms with Gasteiger partial charge in [0.05, 0.1) is 5.54 Å². The lowest BCUT2D eigenvalue weighted by molar-refractivity contribution is -0.120. The van der Waals surface area contributed by atoms with Gasteiger partial charge in [-0.25, -0.2) is 0 Å². The fraction of sp³-hybridized carbons (Fsp3) is 0.389. The van der Waals surface area contributed by atoms with Crippen LogP contribution in [0.4, 0.5) is 5.69 Å². The third-order valence-corrected chi connectivity index (χ3v) is 5.07. The molecular formula is C18H20N2O. The molecule has 108 valence electrons. The zero-order valence-electron chi connectivity index (χ0n) is 12.1. The molecule has 0 unspecified atom stereocenters. The lowest BCUT2D eigenvalue weighted by Crippen LogP contribution is -2.48. The van der Waals surface area contributed by atoms with Crippen LogP contribution in [-0.2, 0) is 17.6 Å². The monoisotopic (exact) mass is 280 g/mol. The molecular weight excluding hydrogens is 260 g/mol. The Bertz CT molecular complexity index is 719. The molecule has 2 aliphatic carbocycles. The number of nitrogens with one attached hydrogen (secondary N) is 1. The number of carbonyl (C=O) groups is 1. The largest absolute Gasteiger partial charge is 0.324 e. The van der Waals surface area contributed by atoms with E-state index in [9.17, 15) is 4.79 Å². The van der Waals surface area contributed by atoms with Crippen molar-refractivity contribution in [1.29, 1.82) is 0 Å². The summed E-state index contributed by atoms with van der Waals surface area (Å²) in [6.07, 6.45) is 5.89. The lowest BCUT2D eigenvalue weighted by Gasteiger charge is -2.23. The number of rotatable bonds is 2. The fourth-order valence-electron chi connectivity index (χ4n) is 3.84. The molecule has 0 atom stereocenters. The van der Waals surface area contributed by atoms with Crippen LogP contribution in [0.5, 0.6) is 0 Å². The number of amides is 1. The molecule has 21 heavy (non-hydrogen) atoms. The molecule has 0 aliphatic heterocycles. The first-order valence-electron chi connectivity index (χ1n) is 7.81. The summed E-state index contributed by atoms with van der Waals surface area (Å²) in [6.45, 7) is 0. The van der Waals surface area contributed by atoms with Crippen LogP contribution < -0.4 is 11.1 Å². The smallest absolute Gasteiger partial charge is 0.244 e. The minimum Gasteiger partial charge on any atom is -0.324 e. The molecule has 0 spiro atoms. The summed E-state index contributed by atoms with van der Waals surface area (Å²) in [5, 5.41) is 5.56. The van der Waals surface area contributed by atoms with Gasteiger partial charge in [0.15, 0.2) is 0 Å². The van der Waals surface area contributed by atoms with Gasteiger partial charge in [-0.3, -0.25) is 4.79 Å². The van der Waals surface area contributed by atoms with Crippen LogP contribution in [0.15, 0.2) is 30.3 Å². The Kier molecular flexibility index (Phi) is 2.79. The van der Waals surface area contributed by atoms with E-state index in [2.05, 4.69) is 29.6 Å². The van der Waals surface area contributed by atoms with Crippen molar-refractivity contribution < 1.29 is 4.79 Å². The zero-order valence-corrected chi connectivity index (χ0v) is 12.1. The van der Waals surface area contributed by atoms with Gasteiger partial charge in [-0.15, -0.1) is 0 Å². The van der Waals surface area contributed by atoms with Crippen molar-refractivity contribution in [2.45, 2.75) is 44.1 Å². The molecule has 2 aromatic rings. The molecule has 1 saturated carbocycles. The second-order valence-corrected chi connectivity index (χ2v) is 6.43. The van der Waals surface area contributed by atoms with Gasteiger partial charge in [-0.2, -0.15) is 0 Å². The summed E-state index contributed by atoms with van der Waals surface area (Å²) in [6, 6.07) is 10.5. The van der Waals surface area contributed by atoms with Gasteiger partial charge in [-0.1, -0.05) is 37.1 Å². The summed E-state index contributed by atoms with van der Waals surface area (Å²) in [4.78, 5) is 12.5. The van der Waals surface area contributed by atoms with Crippen LogP contribution in [-0.4, -0.2) is 11.4 Å². The Balaban J connectivity index is 1.73. The van der Waals surface area contributed by atoms with Crippen molar-refractivity contribution in [2.24, 2.45) is 5.73 Å². The fourth-order valence-corrected chi connectivity index (χ4v) is 3.84. The lowest BCUT2D eigenvalue weighted by atomic mass is 9.97. The van der Waals surface area contributed by atoms with Crippen molar-refractivity contribution >= 4 is 22.4 Å². The van der Waals surface area contributed by atoms with Crippen LogP contribution in [0.1, 0.15) is 36.8 Å². The molecule has 0 heterocycles. The molecule has 1 amide bonds. The molecule has 2 aliphatic rings. The highest BCUT2D eigenvalue weighted by atomic mass is 16.2. The minimum absolute atomic E-state index is 0.0290. The molecule has 0 saturated heterocycles. The van der Waals surface area contributed by atoms with E-state index < -0.39 is 5.54 Å². The molecule has 0 bridgehead atoms.